The summed E-state index contributed by atoms with van der Waals surface area (Å²) in [6.45, 7) is 11.5. The highest BCUT2D eigenvalue weighted by Gasteiger charge is 2.24. The SMILES string of the molecule is CC1=CCC(C2=CC=C(COCN3CCC(C[C@H](C)NC(=O)c4cc(C5=C(C)N=C(C)C5)ccc4F)CC3)C2)=C1.[HH]. The van der Waals surface area contributed by atoms with Crippen molar-refractivity contribution in [1.29, 1.82) is 0 Å². The Morgan fingerprint density at radius 3 is 2.67 bits per heavy atom. The van der Waals surface area contributed by atoms with E-state index in [-0.39, 0.29) is 18.9 Å². The molecule has 0 saturated carbocycles. The molecule has 214 valence electrons. The minimum Gasteiger partial charge on any atom is -0.362 e. The summed E-state index contributed by atoms with van der Waals surface area (Å²) in [5.74, 6) is -0.296. The average Bonchev–Trinajstić information content (AvgIpc) is 3.65. The zero-order valence-electron chi connectivity index (χ0n) is 24.4. The van der Waals surface area contributed by atoms with Crippen molar-refractivity contribution in [3.63, 3.8) is 0 Å². The summed E-state index contributed by atoms with van der Waals surface area (Å²) in [6, 6.07) is 4.79. The highest BCUT2D eigenvalue weighted by Crippen LogP contribution is 2.32. The minimum atomic E-state index is -0.487. The number of halogens is 1. The van der Waals surface area contributed by atoms with Gasteiger partial charge in [0.05, 0.1) is 18.9 Å². The maximum atomic E-state index is 14.6. The van der Waals surface area contributed by atoms with Crippen molar-refractivity contribution in [1.82, 2.24) is 10.2 Å². The van der Waals surface area contributed by atoms with Gasteiger partial charge < -0.3 is 10.1 Å². The van der Waals surface area contributed by atoms with E-state index in [1.807, 2.05) is 20.8 Å². The van der Waals surface area contributed by atoms with Crippen molar-refractivity contribution < 1.29 is 15.3 Å². The Labute approximate surface area is 239 Å². The zero-order valence-corrected chi connectivity index (χ0v) is 24.4. The molecule has 1 saturated heterocycles. The van der Waals surface area contributed by atoms with Gasteiger partial charge in [0.15, 0.2) is 0 Å². The first-order chi connectivity index (χ1) is 19.2. The lowest BCUT2D eigenvalue weighted by atomic mass is 9.90. The predicted octanol–water partition coefficient (Wildman–Crippen LogP) is 7.39. The van der Waals surface area contributed by atoms with E-state index in [1.54, 1.807) is 12.1 Å². The monoisotopic (exact) mass is 545 g/mol. The Bertz CT molecular complexity index is 1350. The van der Waals surface area contributed by atoms with Crippen LogP contribution in [0.4, 0.5) is 4.39 Å². The molecule has 6 heteroatoms. The second-order valence-corrected chi connectivity index (χ2v) is 11.9. The van der Waals surface area contributed by atoms with Gasteiger partial charge in [-0.3, -0.25) is 14.7 Å². The van der Waals surface area contributed by atoms with Gasteiger partial charge in [-0.05, 0) is 106 Å². The highest BCUT2D eigenvalue weighted by molar-refractivity contribution is 6.00. The third kappa shape index (κ3) is 6.97. The van der Waals surface area contributed by atoms with Gasteiger partial charge in [0.1, 0.15) is 5.82 Å². The number of likely N-dealkylation sites (tertiary alicyclic amines) is 1. The van der Waals surface area contributed by atoms with Crippen LogP contribution in [-0.4, -0.2) is 49.0 Å². The van der Waals surface area contributed by atoms with Crippen LogP contribution >= 0.6 is 0 Å². The fourth-order valence-corrected chi connectivity index (χ4v) is 6.28. The van der Waals surface area contributed by atoms with E-state index in [1.165, 1.54) is 28.4 Å². The summed E-state index contributed by atoms with van der Waals surface area (Å²) in [4.78, 5) is 19.9. The van der Waals surface area contributed by atoms with Gasteiger partial charge >= 0.3 is 0 Å². The molecule has 1 N–H and O–H groups in total. The molecule has 0 aromatic heterocycles. The molecule has 1 atom stereocenters. The molecule has 2 heterocycles. The number of ether oxygens (including phenoxy) is 1. The number of rotatable bonds is 10. The molecule has 1 aromatic carbocycles. The van der Waals surface area contributed by atoms with Crippen molar-refractivity contribution in [2.45, 2.75) is 72.3 Å². The molecule has 0 unspecified atom stereocenters. The van der Waals surface area contributed by atoms with Crippen molar-refractivity contribution >= 4 is 17.2 Å². The number of nitrogens with one attached hydrogen (secondary N) is 1. The number of piperidine rings is 1. The van der Waals surface area contributed by atoms with Crippen LogP contribution < -0.4 is 5.32 Å². The molecule has 1 fully saturated rings. The van der Waals surface area contributed by atoms with E-state index < -0.39 is 5.82 Å². The molecular weight excluding hydrogens is 501 g/mol. The second-order valence-electron chi connectivity index (χ2n) is 11.9. The predicted molar refractivity (Wildman–Crippen MR) is 163 cm³/mol. The fraction of sp³-hybridized carbons (Fsp3) is 0.471. The third-order valence-corrected chi connectivity index (χ3v) is 8.52. The Balaban J connectivity index is 0.00000387. The summed E-state index contributed by atoms with van der Waals surface area (Å²) in [5.41, 5.74) is 9.58. The van der Waals surface area contributed by atoms with E-state index in [9.17, 15) is 9.18 Å². The van der Waals surface area contributed by atoms with E-state index >= 15 is 0 Å². The molecule has 5 nitrogen and oxygen atoms in total. The largest absolute Gasteiger partial charge is 0.362 e. The number of carbonyl (C=O) groups is 1. The average molecular weight is 546 g/mol. The fourth-order valence-electron chi connectivity index (χ4n) is 6.28. The van der Waals surface area contributed by atoms with Crippen molar-refractivity contribution in [2.75, 3.05) is 26.4 Å². The molecule has 4 aliphatic rings. The van der Waals surface area contributed by atoms with Gasteiger partial charge in [0, 0.05) is 38.4 Å². The molecule has 2 aliphatic carbocycles. The van der Waals surface area contributed by atoms with E-state index in [0.29, 0.717) is 19.3 Å². The van der Waals surface area contributed by atoms with Crippen LogP contribution in [0.3, 0.4) is 0 Å². The first kappa shape index (κ1) is 28.4. The van der Waals surface area contributed by atoms with E-state index in [4.69, 9.17) is 4.74 Å². The van der Waals surface area contributed by atoms with Gasteiger partial charge in [-0.15, -0.1) is 0 Å². The Hall–Kier alpha value is -3.09. The van der Waals surface area contributed by atoms with Gasteiger partial charge in [0.25, 0.3) is 5.91 Å². The van der Waals surface area contributed by atoms with Crippen LogP contribution in [0.5, 0.6) is 0 Å². The topological polar surface area (TPSA) is 53.9 Å². The number of aliphatic imine (C=N–C) groups is 1. The molecule has 40 heavy (non-hydrogen) atoms. The van der Waals surface area contributed by atoms with Crippen molar-refractivity contribution in [3.8, 4) is 0 Å². The van der Waals surface area contributed by atoms with Crippen LogP contribution in [0, 0.1) is 11.7 Å². The molecule has 5 rings (SSSR count). The first-order valence-electron chi connectivity index (χ1n) is 14.7. The first-order valence-corrected chi connectivity index (χ1v) is 14.7. The van der Waals surface area contributed by atoms with Crippen LogP contribution in [-0.2, 0) is 4.74 Å². The van der Waals surface area contributed by atoms with Crippen LogP contribution in [0.2, 0.25) is 0 Å². The normalized spacial score (nSPS) is 20.8. The summed E-state index contributed by atoms with van der Waals surface area (Å²) in [7, 11) is 0. The lowest BCUT2D eigenvalue weighted by Crippen LogP contribution is -2.39. The van der Waals surface area contributed by atoms with E-state index in [2.05, 4.69) is 46.4 Å². The number of amides is 1. The third-order valence-electron chi connectivity index (χ3n) is 8.52. The van der Waals surface area contributed by atoms with Gasteiger partial charge in [-0.2, -0.15) is 0 Å². The number of benzene rings is 1. The van der Waals surface area contributed by atoms with Crippen LogP contribution in [0.25, 0.3) is 5.57 Å². The Kier molecular flexibility index (Phi) is 8.97. The Morgan fingerprint density at radius 2 is 1.98 bits per heavy atom. The standard InChI is InChI=1S/C34H42FN3O2.H2/c1-22-5-7-28(15-22)29-8-6-27(18-29)20-40-21-38-13-11-26(12-14-38)16-23(2)37-34(39)32-19-30(9-10-33(32)35)31-17-24(3)36-25(31)4;/h5-6,8-10,15,19,23,26H,7,11-14,16-18,20-21H2,1-4H3,(H,37,39);1H/t23-;/m0./s1. The molecule has 1 amide bonds. The van der Waals surface area contributed by atoms with E-state index in [0.717, 1.165) is 74.2 Å². The summed E-state index contributed by atoms with van der Waals surface area (Å²) in [5, 5.41) is 3.04. The molecule has 2 aliphatic heterocycles. The summed E-state index contributed by atoms with van der Waals surface area (Å²) in [6.07, 6.45) is 14.9. The number of hydrogen-bond donors (Lipinski definition) is 1. The number of nitrogens with zero attached hydrogens (tertiary/aromatic N) is 2. The van der Waals surface area contributed by atoms with Crippen LogP contribution in [0.15, 0.2) is 75.5 Å². The summed E-state index contributed by atoms with van der Waals surface area (Å²) < 4.78 is 20.7. The maximum absolute atomic E-state index is 14.6. The minimum absolute atomic E-state index is 0. The van der Waals surface area contributed by atoms with Gasteiger partial charge in [-0.1, -0.05) is 35.9 Å². The lowest BCUT2D eigenvalue weighted by molar-refractivity contribution is 0.0188. The second kappa shape index (κ2) is 12.6. The van der Waals surface area contributed by atoms with Gasteiger partial charge in [-0.25, -0.2) is 4.39 Å². The highest BCUT2D eigenvalue weighted by atomic mass is 19.1. The number of carbonyl (C=O) groups excluding carboxylic acids is 1. The zero-order chi connectivity index (χ0) is 28.2. The quantitative estimate of drug-likeness (QED) is 0.333. The van der Waals surface area contributed by atoms with Gasteiger partial charge in [0.2, 0.25) is 0 Å². The molecule has 0 bridgehead atoms. The lowest BCUT2D eigenvalue weighted by Gasteiger charge is -2.33. The smallest absolute Gasteiger partial charge is 0.254 e. The summed E-state index contributed by atoms with van der Waals surface area (Å²) >= 11 is 0. The molecule has 0 radical (unpaired) electrons. The number of allylic oxidation sites excluding steroid dienone is 9. The molecular formula is C34H44FN3O2. The van der Waals surface area contributed by atoms with Crippen molar-refractivity contribution in [3.05, 3.63) is 87.4 Å². The molecule has 0 spiro atoms. The maximum Gasteiger partial charge on any atom is 0.254 e. The van der Waals surface area contributed by atoms with Crippen LogP contribution in [0.1, 0.15) is 83.6 Å². The molecule has 1 aromatic rings. The number of hydrogen-bond acceptors (Lipinski definition) is 4. The van der Waals surface area contributed by atoms with Crippen molar-refractivity contribution in [2.24, 2.45) is 10.9 Å². The Morgan fingerprint density at radius 1 is 1.18 bits per heavy atom.